The second-order valence-electron chi connectivity index (χ2n) is 4.11. The smallest absolute Gasteiger partial charge is 0.224 e. The second kappa shape index (κ2) is 9.14. The van der Waals surface area contributed by atoms with E-state index in [-0.39, 0.29) is 24.2 Å². The summed E-state index contributed by atoms with van der Waals surface area (Å²) in [6.07, 6.45) is 5.26. The van der Waals surface area contributed by atoms with Crippen LogP contribution in [-0.2, 0) is 4.79 Å². The number of hydrogen-bond donors (Lipinski definition) is 2. The summed E-state index contributed by atoms with van der Waals surface area (Å²) in [5.41, 5.74) is 0. The first-order chi connectivity index (χ1) is 7.27. The van der Waals surface area contributed by atoms with Gasteiger partial charge < -0.3 is 10.6 Å². The van der Waals surface area contributed by atoms with Crippen molar-refractivity contribution >= 4 is 30.1 Å². The summed E-state index contributed by atoms with van der Waals surface area (Å²) in [5, 5.41) is 6.41. The predicted molar refractivity (Wildman–Crippen MR) is 73.4 cm³/mol. The third kappa shape index (κ3) is 5.41. The zero-order chi connectivity index (χ0) is 11.1. The molecule has 1 unspecified atom stereocenters. The van der Waals surface area contributed by atoms with Crippen molar-refractivity contribution in [3.8, 4) is 0 Å². The van der Waals surface area contributed by atoms with Crippen molar-refractivity contribution in [3.63, 3.8) is 0 Å². The van der Waals surface area contributed by atoms with E-state index in [1.165, 1.54) is 0 Å². The Balaban J connectivity index is 0.00000225. The Morgan fingerprint density at radius 1 is 1.62 bits per heavy atom. The molecule has 2 N–H and O–H groups in total. The summed E-state index contributed by atoms with van der Waals surface area (Å²) in [6.45, 7) is 4.04. The SMILES string of the molecule is CCC(CSC)NC(=O)[C@@H]1CCCNC1.Cl. The number of hydrogen-bond acceptors (Lipinski definition) is 3. The van der Waals surface area contributed by atoms with Crippen LogP contribution in [0, 0.1) is 5.92 Å². The fourth-order valence-electron chi connectivity index (χ4n) is 1.86. The fraction of sp³-hybridized carbons (Fsp3) is 0.909. The average Bonchev–Trinajstić information content (AvgIpc) is 2.29. The molecule has 1 fully saturated rings. The van der Waals surface area contributed by atoms with Crippen LogP contribution < -0.4 is 10.6 Å². The van der Waals surface area contributed by atoms with E-state index < -0.39 is 0 Å². The lowest BCUT2D eigenvalue weighted by molar-refractivity contribution is -0.126. The van der Waals surface area contributed by atoms with Crippen molar-refractivity contribution in [1.29, 1.82) is 0 Å². The van der Waals surface area contributed by atoms with Gasteiger partial charge in [-0.15, -0.1) is 12.4 Å². The topological polar surface area (TPSA) is 41.1 Å². The van der Waals surface area contributed by atoms with Gasteiger partial charge in [0.05, 0.1) is 5.92 Å². The molecule has 1 aliphatic rings. The number of rotatable bonds is 5. The minimum Gasteiger partial charge on any atom is -0.352 e. The van der Waals surface area contributed by atoms with Gasteiger partial charge in [0.2, 0.25) is 5.91 Å². The molecule has 0 saturated carbocycles. The van der Waals surface area contributed by atoms with Gasteiger partial charge in [0.25, 0.3) is 0 Å². The first-order valence-electron chi connectivity index (χ1n) is 5.78. The molecule has 1 aliphatic heterocycles. The Hall–Kier alpha value is 0.0700. The highest BCUT2D eigenvalue weighted by Crippen LogP contribution is 2.11. The van der Waals surface area contributed by atoms with E-state index in [1.54, 1.807) is 11.8 Å². The number of amides is 1. The van der Waals surface area contributed by atoms with Gasteiger partial charge in [-0.25, -0.2) is 0 Å². The highest BCUT2D eigenvalue weighted by molar-refractivity contribution is 7.98. The Kier molecular flexibility index (Phi) is 9.18. The molecule has 2 atom stereocenters. The molecule has 5 heteroatoms. The normalized spacial score (nSPS) is 22.0. The highest BCUT2D eigenvalue weighted by Gasteiger charge is 2.22. The van der Waals surface area contributed by atoms with Gasteiger partial charge in [0.1, 0.15) is 0 Å². The first kappa shape index (κ1) is 16.1. The van der Waals surface area contributed by atoms with Gasteiger partial charge in [-0.05, 0) is 32.1 Å². The lowest BCUT2D eigenvalue weighted by Crippen LogP contribution is -2.45. The van der Waals surface area contributed by atoms with Crippen molar-refractivity contribution in [2.24, 2.45) is 5.92 Å². The van der Waals surface area contributed by atoms with Gasteiger partial charge in [-0.3, -0.25) is 4.79 Å². The maximum absolute atomic E-state index is 11.9. The summed E-state index contributed by atoms with van der Waals surface area (Å²) in [4.78, 5) is 11.9. The molecule has 0 bridgehead atoms. The van der Waals surface area contributed by atoms with Crippen molar-refractivity contribution in [2.75, 3.05) is 25.1 Å². The monoisotopic (exact) mass is 266 g/mol. The Labute approximate surface area is 109 Å². The second-order valence-corrected chi connectivity index (χ2v) is 5.02. The van der Waals surface area contributed by atoms with Gasteiger partial charge in [0.15, 0.2) is 0 Å². The zero-order valence-electron chi connectivity index (χ0n) is 10.1. The zero-order valence-corrected chi connectivity index (χ0v) is 11.8. The quantitative estimate of drug-likeness (QED) is 0.795. The van der Waals surface area contributed by atoms with Crippen LogP contribution in [0.25, 0.3) is 0 Å². The van der Waals surface area contributed by atoms with E-state index in [4.69, 9.17) is 0 Å². The Morgan fingerprint density at radius 2 is 2.38 bits per heavy atom. The van der Waals surface area contributed by atoms with Crippen LogP contribution in [0.15, 0.2) is 0 Å². The van der Waals surface area contributed by atoms with Crippen LogP contribution in [0.3, 0.4) is 0 Å². The van der Waals surface area contributed by atoms with Crippen molar-refractivity contribution in [1.82, 2.24) is 10.6 Å². The van der Waals surface area contributed by atoms with E-state index in [9.17, 15) is 4.79 Å². The van der Waals surface area contributed by atoms with E-state index in [0.29, 0.717) is 6.04 Å². The number of halogens is 1. The van der Waals surface area contributed by atoms with Gasteiger partial charge in [-0.2, -0.15) is 11.8 Å². The number of piperidine rings is 1. The molecule has 0 radical (unpaired) electrons. The van der Waals surface area contributed by atoms with Gasteiger partial charge in [-0.1, -0.05) is 6.92 Å². The first-order valence-corrected chi connectivity index (χ1v) is 7.17. The van der Waals surface area contributed by atoms with Crippen molar-refractivity contribution in [3.05, 3.63) is 0 Å². The molecular formula is C11H23ClN2OS. The molecular weight excluding hydrogens is 244 g/mol. The highest BCUT2D eigenvalue weighted by atomic mass is 35.5. The standard InChI is InChI=1S/C11H22N2OS.ClH/c1-3-10(8-15-2)13-11(14)9-5-4-6-12-7-9;/h9-10,12H,3-8H2,1-2H3,(H,13,14);1H/t9-,10?;/m1./s1. The number of thioether (sulfide) groups is 1. The predicted octanol–water partition coefficient (Wildman–Crippen LogP) is 1.67. The fourth-order valence-corrected chi connectivity index (χ4v) is 2.58. The van der Waals surface area contributed by atoms with Gasteiger partial charge >= 0.3 is 0 Å². The summed E-state index contributed by atoms with van der Waals surface area (Å²) in [7, 11) is 0. The summed E-state index contributed by atoms with van der Waals surface area (Å²) < 4.78 is 0. The van der Waals surface area contributed by atoms with Crippen molar-refractivity contribution in [2.45, 2.75) is 32.2 Å². The largest absolute Gasteiger partial charge is 0.352 e. The summed E-state index contributed by atoms with van der Waals surface area (Å²) in [5.74, 6) is 1.44. The molecule has 1 rings (SSSR count). The molecule has 96 valence electrons. The minimum atomic E-state index is 0. The lowest BCUT2D eigenvalue weighted by Gasteiger charge is -2.24. The number of carbonyl (C=O) groups excluding carboxylic acids is 1. The average molecular weight is 267 g/mol. The van der Waals surface area contributed by atoms with Crippen LogP contribution in [0.1, 0.15) is 26.2 Å². The number of nitrogens with one attached hydrogen (secondary N) is 2. The van der Waals surface area contributed by atoms with Crippen LogP contribution in [0.5, 0.6) is 0 Å². The van der Waals surface area contributed by atoms with E-state index in [1.807, 2.05) is 0 Å². The molecule has 1 saturated heterocycles. The molecule has 3 nitrogen and oxygen atoms in total. The molecule has 1 amide bonds. The van der Waals surface area contributed by atoms with Crippen LogP contribution >= 0.6 is 24.2 Å². The van der Waals surface area contributed by atoms with Crippen molar-refractivity contribution < 1.29 is 4.79 Å². The van der Waals surface area contributed by atoms with Crippen LogP contribution in [0.2, 0.25) is 0 Å². The molecule has 16 heavy (non-hydrogen) atoms. The molecule has 0 aliphatic carbocycles. The summed E-state index contributed by atoms with van der Waals surface area (Å²) >= 11 is 1.79. The summed E-state index contributed by atoms with van der Waals surface area (Å²) in [6, 6.07) is 0.342. The van der Waals surface area contributed by atoms with Gasteiger partial charge in [0, 0.05) is 18.3 Å². The van der Waals surface area contributed by atoms with Crippen LogP contribution in [-0.4, -0.2) is 37.0 Å². The molecule has 0 aromatic carbocycles. The van der Waals surface area contributed by atoms with E-state index in [0.717, 1.165) is 38.1 Å². The third-order valence-corrected chi connectivity index (χ3v) is 3.61. The molecule has 0 aromatic heterocycles. The Bertz CT molecular complexity index is 198. The van der Waals surface area contributed by atoms with E-state index in [2.05, 4.69) is 23.8 Å². The molecule has 0 aromatic rings. The third-order valence-electron chi connectivity index (χ3n) is 2.87. The maximum atomic E-state index is 11.9. The molecule has 0 spiro atoms. The van der Waals surface area contributed by atoms with E-state index >= 15 is 0 Å². The maximum Gasteiger partial charge on any atom is 0.224 e. The number of carbonyl (C=O) groups is 1. The Morgan fingerprint density at radius 3 is 2.88 bits per heavy atom. The minimum absolute atomic E-state index is 0. The van der Waals surface area contributed by atoms with Crippen LogP contribution in [0.4, 0.5) is 0 Å². The molecule has 1 heterocycles. The lowest BCUT2D eigenvalue weighted by atomic mass is 9.98.